The lowest BCUT2D eigenvalue weighted by atomic mass is 10.0. The van der Waals surface area contributed by atoms with Crippen LogP contribution in [-0.2, 0) is 17.6 Å². The Morgan fingerprint density at radius 1 is 1.18 bits per heavy atom. The summed E-state index contributed by atoms with van der Waals surface area (Å²) in [7, 11) is 0. The van der Waals surface area contributed by atoms with Gasteiger partial charge in [0.2, 0.25) is 0 Å². The van der Waals surface area contributed by atoms with Gasteiger partial charge >= 0.3 is 0 Å². The first kappa shape index (κ1) is 18.7. The van der Waals surface area contributed by atoms with Crippen LogP contribution < -0.4 is 5.32 Å². The fraction of sp³-hybridized carbons (Fsp3) is 0.391. The number of aromatic nitrogens is 1. The topological polar surface area (TPSA) is 64.4 Å². The number of benzene rings is 2. The van der Waals surface area contributed by atoms with Crippen LogP contribution in [0.1, 0.15) is 40.2 Å². The number of amides is 1. The number of fused-ring (bicyclic) bond motifs is 1. The number of hydrogen-bond donors (Lipinski definition) is 1. The van der Waals surface area contributed by atoms with Crippen LogP contribution in [0, 0.1) is 12.8 Å². The van der Waals surface area contributed by atoms with Crippen molar-refractivity contribution >= 4 is 16.7 Å². The van der Waals surface area contributed by atoms with E-state index in [1.807, 2.05) is 6.92 Å². The maximum absolute atomic E-state index is 12.4. The molecule has 1 amide bonds. The van der Waals surface area contributed by atoms with E-state index in [1.165, 1.54) is 16.3 Å². The Morgan fingerprint density at radius 2 is 2.04 bits per heavy atom. The van der Waals surface area contributed by atoms with Gasteiger partial charge in [0.25, 0.3) is 5.91 Å². The third kappa shape index (κ3) is 4.25. The highest BCUT2D eigenvalue weighted by Gasteiger charge is 2.21. The average Bonchev–Trinajstić information content (AvgIpc) is 3.36. The van der Waals surface area contributed by atoms with E-state index in [0.717, 1.165) is 50.2 Å². The summed E-state index contributed by atoms with van der Waals surface area (Å²) < 4.78 is 10.8. The molecule has 5 heteroatoms. The Labute approximate surface area is 165 Å². The van der Waals surface area contributed by atoms with Gasteiger partial charge in [-0.1, -0.05) is 47.6 Å². The molecule has 146 valence electrons. The fourth-order valence-electron chi connectivity index (χ4n) is 3.73. The van der Waals surface area contributed by atoms with Crippen LogP contribution in [0.3, 0.4) is 0 Å². The molecule has 1 aromatic heterocycles. The molecule has 4 rings (SSSR count). The summed E-state index contributed by atoms with van der Waals surface area (Å²) in [6.45, 7) is 4.04. The van der Waals surface area contributed by atoms with E-state index in [9.17, 15) is 4.79 Å². The first-order valence-corrected chi connectivity index (χ1v) is 9.99. The molecular weight excluding hydrogens is 352 g/mol. The Bertz CT molecular complexity index is 957. The molecule has 2 aromatic carbocycles. The van der Waals surface area contributed by atoms with Crippen molar-refractivity contribution in [3.63, 3.8) is 0 Å². The summed E-state index contributed by atoms with van der Waals surface area (Å²) >= 11 is 0. The van der Waals surface area contributed by atoms with Gasteiger partial charge in [0.15, 0.2) is 5.69 Å². The van der Waals surface area contributed by atoms with Crippen LogP contribution in [0.25, 0.3) is 10.8 Å². The monoisotopic (exact) mass is 378 g/mol. The van der Waals surface area contributed by atoms with Gasteiger partial charge in [-0.25, -0.2) is 0 Å². The number of hydrogen-bond acceptors (Lipinski definition) is 4. The van der Waals surface area contributed by atoms with Crippen LogP contribution in [0.2, 0.25) is 0 Å². The van der Waals surface area contributed by atoms with Crippen molar-refractivity contribution in [2.45, 2.75) is 32.6 Å². The molecule has 3 aromatic rings. The second-order valence-electron chi connectivity index (χ2n) is 7.55. The molecule has 0 bridgehead atoms. The van der Waals surface area contributed by atoms with Gasteiger partial charge in [-0.15, -0.1) is 0 Å². The van der Waals surface area contributed by atoms with Crippen molar-refractivity contribution in [1.29, 1.82) is 0 Å². The maximum Gasteiger partial charge on any atom is 0.273 e. The van der Waals surface area contributed by atoms with Gasteiger partial charge in [0.05, 0.1) is 6.61 Å². The summed E-state index contributed by atoms with van der Waals surface area (Å²) in [4.78, 5) is 12.4. The highest BCUT2D eigenvalue weighted by Crippen LogP contribution is 2.19. The Balaban J connectivity index is 1.31. The fourth-order valence-corrected chi connectivity index (χ4v) is 3.73. The molecule has 0 spiro atoms. The van der Waals surface area contributed by atoms with Crippen molar-refractivity contribution in [3.05, 3.63) is 65.0 Å². The minimum Gasteiger partial charge on any atom is -0.381 e. The SMILES string of the molecule is Cc1c(C(=O)NCC2CCOC2)noc1CCCc1ccc2ccccc2c1. The first-order chi connectivity index (χ1) is 13.7. The van der Waals surface area contributed by atoms with E-state index in [-0.39, 0.29) is 5.91 Å². The number of ether oxygens (including phenoxy) is 1. The van der Waals surface area contributed by atoms with Crippen molar-refractivity contribution < 1.29 is 14.1 Å². The van der Waals surface area contributed by atoms with E-state index in [2.05, 4.69) is 52.9 Å². The van der Waals surface area contributed by atoms with Crippen molar-refractivity contribution in [3.8, 4) is 0 Å². The minimum atomic E-state index is -0.158. The van der Waals surface area contributed by atoms with Crippen molar-refractivity contribution in [2.24, 2.45) is 5.92 Å². The highest BCUT2D eigenvalue weighted by atomic mass is 16.5. The van der Waals surface area contributed by atoms with Gasteiger partial charge in [-0.05, 0) is 42.5 Å². The quantitative estimate of drug-likeness (QED) is 0.673. The van der Waals surface area contributed by atoms with E-state index < -0.39 is 0 Å². The van der Waals surface area contributed by atoms with Crippen LogP contribution >= 0.6 is 0 Å². The number of carbonyl (C=O) groups is 1. The largest absolute Gasteiger partial charge is 0.381 e. The molecule has 2 heterocycles. The third-order valence-corrected chi connectivity index (χ3v) is 5.49. The number of nitrogens with one attached hydrogen (secondary N) is 1. The number of aryl methyl sites for hydroxylation is 2. The zero-order valence-electron chi connectivity index (χ0n) is 16.2. The van der Waals surface area contributed by atoms with Crippen molar-refractivity contribution in [1.82, 2.24) is 10.5 Å². The van der Waals surface area contributed by atoms with Crippen LogP contribution in [-0.4, -0.2) is 30.8 Å². The lowest BCUT2D eigenvalue weighted by molar-refractivity contribution is 0.0935. The highest BCUT2D eigenvalue weighted by molar-refractivity contribution is 5.93. The molecule has 28 heavy (non-hydrogen) atoms. The molecule has 1 unspecified atom stereocenters. The first-order valence-electron chi connectivity index (χ1n) is 9.99. The summed E-state index contributed by atoms with van der Waals surface area (Å²) in [5.41, 5.74) is 2.56. The van der Waals surface area contributed by atoms with E-state index >= 15 is 0 Å². The molecule has 1 saturated heterocycles. The zero-order valence-corrected chi connectivity index (χ0v) is 16.2. The second kappa shape index (κ2) is 8.57. The van der Waals surface area contributed by atoms with E-state index in [0.29, 0.717) is 18.2 Å². The normalized spacial score (nSPS) is 16.5. The molecule has 1 fully saturated rings. The van der Waals surface area contributed by atoms with Crippen LogP contribution in [0.5, 0.6) is 0 Å². The predicted molar refractivity (Wildman–Crippen MR) is 108 cm³/mol. The second-order valence-corrected chi connectivity index (χ2v) is 7.55. The van der Waals surface area contributed by atoms with Crippen LogP contribution in [0.4, 0.5) is 0 Å². The zero-order chi connectivity index (χ0) is 19.3. The Kier molecular flexibility index (Phi) is 5.72. The molecule has 1 aliphatic heterocycles. The summed E-state index contributed by atoms with van der Waals surface area (Å²) in [6.07, 6.45) is 3.69. The number of nitrogens with zero attached hydrogens (tertiary/aromatic N) is 1. The number of rotatable bonds is 7. The van der Waals surface area contributed by atoms with Gasteiger partial charge in [-0.3, -0.25) is 4.79 Å². The van der Waals surface area contributed by atoms with E-state index in [4.69, 9.17) is 9.26 Å². The van der Waals surface area contributed by atoms with E-state index in [1.54, 1.807) is 0 Å². The molecule has 0 radical (unpaired) electrons. The average molecular weight is 378 g/mol. The molecule has 0 aliphatic carbocycles. The minimum absolute atomic E-state index is 0.158. The molecule has 1 atom stereocenters. The maximum atomic E-state index is 12.4. The van der Waals surface area contributed by atoms with Gasteiger partial charge in [0, 0.05) is 31.1 Å². The molecule has 0 saturated carbocycles. The molecule has 5 nitrogen and oxygen atoms in total. The lowest BCUT2D eigenvalue weighted by Crippen LogP contribution is -2.30. The van der Waals surface area contributed by atoms with Crippen LogP contribution in [0.15, 0.2) is 47.0 Å². The molecule has 1 N–H and O–H groups in total. The molecular formula is C23H26N2O3. The van der Waals surface area contributed by atoms with Gasteiger partial charge < -0.3 is 14.6 Å². The standard InChI is InChI=1S/C23H26N2O3/c1-16-21(28-25-22(16)23(26)24-14-18-11-12-27-15-18)8-4-5-17-9-10-19-6-2-3-7-20(19)13-17/h2-3,6-7,9-10,13,18H,4-5,8,11-12,14-15H2,1H3,(H,24,26). The Hall–Kier alpha value is -2.66. The van der Waals surface area contributed by atoms with Gasteiger partial charge in [-0.2, -0.15) is 0 Å². The lowest BCUT2D eigenvalue weighted by Gasteiger charge is -2.08. The number of carbonyl (C=O) groups excluding carboxylic acids is 1. The summed E-state index contributed by atoms with van der Waals surface area (Å²) in [6, 6.07) is 15.0. The predicted octanol–water partition coefficient (Wildman–Crippen LogP) is 4.08. The summed E-state index contributed by atoms with van der Waals surface area (Å²) in [5, 5.41) is 9.49. The van der Waals surface area contributed by atoms with Crippen molar-refractivity contribution in [2.75, 3.05) is 19.8 Å². The smallest absolute Gasteiger partial charge is 0.273 e. The Morgan fingerprint density at radius 3 is 2.86 bits per heavy atom. The van der Waals surface area contributed by atoms with Gasteiger partial charge in [0.1, 0.15) is 5.76 Å². The summed E-state index contributed by atoms with van der Waals surface area (Å²) in [5.74, 6) is 1.04. The third-order valence-electron chi connectivity index (χ3n) is 5.49. The molecule has 1 aliphatic rings.